The zero-order valence-corrected chi connectivity index (χ0v) is 14.3. The minimum absolute atomic E-state index is 0.0743. The maximum Gasteiger partial charge on any atom is 0.322 e. The predicted molar refractivity (Wildman–Crippen MR) is 87.5 cm³/mol. The fraction of sp³-hybridized carbons (Fsp3) is 0.400. The van der Waals surface area contributed by atoms with Crippen LogP contribution in [-0.2, 0) is 14.8 Å². The summed E-state index contributed by atoms with van der Waals surface area (Å²) in [5, 5.41) is 10.0. The van der Waals surface area contributed by atoms with Gasteiger partial charge in [0, 0.05) is 24.6 Å². The standard InChI is InChI=1S/C15H17FN4O4S/c1-25(22,23)20-7-5-10(6-8-20)13(21)17-15-19-18-14(24-15)11-3-2-4-12(16)9-11/h2-4,9-10H,5-8H2,1H3,(H,17,19,21). The first kappa shape index (κ1) is 17.5. The van der Waals surface area contributed by atoms with Crippen molar-refractivity contribution in [3.8, 4) is 11.5 Å². The van der Waals surface area contributed by atoms with E-state index in [1.807, 2.05) is 0 Å². The number of piperidine rings is 1. The van der Waals surface area contributed by atoms with Crippen molar-refractivity contribution in [2.75, 3.05) is 24.7 Å². The maximum absolute atomic E-state index is 13.2. The highest BCUT2D eigenvalue weighted by atomic mass is 32.2. The van der Waals surface area contributed by atoms with Crippen LogP contribution in [0.25, 0.3) is 11.5 Å². The van der Waals surface area contributed by atoms with Gasteiger partial charge in [0.15, 0.2) is 0 Å². The third-order valence-corrected chi connectivity index (χ3v) is 5.32. The van der Waals surface area contributed by atoms with Gasteiger partial charge in [0.05, 0.1) is 6.26 Å². The second-order valence-corrected chi connectivity index (χ2v) is 7.83. The van der Waals surface area contributed by atoms with E-state index in [1.165, 1.54) is 22.5 Å². The number of hydrogen-bond donors (Lipinski definition) is 1. The van der Waals surface area contributed by atoms with Gasteiger partial charge in [-0.2, -0.15) is 0 Å². The van der Waals surface area contributed by atoms with E-state index in [4.69, 9.17) is 4.42 Å². The van der Waals surface area contributed by atoms with Crippen molar-refractivity contribution in [3.63, 3.8) is 0 Å². The predicted octanol–water partition coefficient (Wildman–Crippen LogP) is 1.49. The largest absolute Gasteiger partial charge is 0.403 e. The lowest BCUT2D eigenvalue weighted by Gasteiger charge is -2.29. The molecule has 0 radical (unpaired) electrons. The van der Waals surface area contributed by atoms with E-state index in [0.29, 0.717) is 31.5 Å². The molecule has 0 atom stereocenters. The van der Waals surface area contributed by atoms with Crippen molar-refractivity contribution in [2.45, 2.75) is 12.8 Å². The topological polar surface area (TPSA) is 105 Å². The third-order valence-electron chi connectivity index (χ3n) is 4.02. The lowest BCUT2D eigenvalue weighted by Crippen LogP contribution is -2.40. The lowest BCUT2D eigenvalue weighted by atomic mass is 9.97. The number of halogens is 1. The van der Waals surface area contributed by atoms with E-state index < -0.39 is 15.8 Å². The number of amides is 1. The Bertz CT molecular complexity index is 875. The van der Waals surface area contributed by atoms with Gasteiger partial charge in [-0.15, -0.1) is 5.10 Å². The first-order valence-corrected chi connectivity index (χ1v) is 9.53. The van der Waals surface area contributed by atoms with Crippen LogP contribution in [-0.4, -0.2) is 48.2 Å². The van der Waals surface area contributed by atoms with Gasteiger partial charge in [0.2, 0.25) is 21.8 Å². The highest BCUT2D eigenvalue weighted by Crippen LogP contribution is 2.23. The van der Waals surface area contributed by atoms with Gasteiger partial charge in [-0.25, -0.2) is 17.1 Å². The van der Waals surface area contributed by atoms with Crippen LogP contribution >= 0.6 is 0 Å². The molecule has 1 amide bonds. The molecule has 1 fully saturated rings. The van der Waals surface area contributed by atoms with Crippen LogP contribution < -0.4 is 5.32 Å². The van der Waals surface area contributed by atoms with E-state index in [-0.39, 0.29) is 23.7 Å². The Morgan fingerprint density at radius 1 is 1.32 bits per heavy atom. The smallest absolute Gasteiger partial charge is 0.322 e. The molecule has 1 N–H and O–H groups in total. The molecule has 25 heavy (non-hydrogen) atoms. The Kier molecular flexibility index (Phi) is 4.82. The number of rotatable bonds is 4. The molecule has 2 aromatic rings. The van der Waals surface area contributed by atoms with Gasteiger partial charge < -0.3 is 4.42 Å². The lowest BCUT2D eigenvalue weighted by molar-refractivity contribution is -0.121. The quantitative estimate of drug-likeness (QED) is 0.876. The van der Waals surface area contributed by atoms with Gasteiger partial charge >= 0.3 is 6.01 Å². The minimum atomic E-state index is -3.23. The summed E-state index contributed by atoms with van der Waals surface area (Å²) in [6, 6.07) is 5.60. The van der Waals surface area contributed by atoms with Gasteiger partial charge in [-0.3, -0.25) is 10.1 Å². The molecule has 8 nitrogen and oxygen atoms in total. The number of anilines is 1. The summed E-state index contributed by atoms with van der Waals surface area (Å²) in [6.07, 6.45) is 1.99. The van der Waals surface area contributed by atoms with E-state index in [0.717, 1.165) is 6.26 Å². The number of aromatic nitrogens is 2. The summed E-state index contributed by atoms with van der Waals surface area (Å²) < 4.78 is 42.9. The molecular weight excluding hydrogens is 351 g/mol. The van der Waals surface area contributed by atoms with Gasteiger partial charge in [-0.05, 0) is 31.0 Å². The molecule has 2 heterocycles. The second-order valence-electron chi connectivity index (χ2n) is 5.85. The Morgan fingerprint density at radius 2 is 2.04 bits per heavy atom. The minimum Gasteiger partial charge on any atom is -0.403 e. The van der Waals surface area contributed by atoms with Crippen LogP contribution in [0, 0.1) is 11.7 Å². The van der Waals surface area contributed by atoms with E-state index >= 15 is 0 Å². The normalized spacial score (nSPS) is 16.7. The van der Waals surface area contributed by atoms with E-state index in [9.17, 15) is 17.6 Å². The summed E-state index contributed by atoms with van der Waals surface area (Å²) in [4.78, 5) is 12.3. The van der Waals surface area contributed by atoms with Crippen LogP contribution in [0.2, 0.25) is 0 Å². The van der Waals surface area contributed by atoms with Crippen LogP contribution in [0.15, 0.2) is 28.7 Å². The Labute approximate surface area is 144 Å². The molecule has 1 aliphatic rings. The third kappa shape index (κ3) is 4.20. The summed E-state index contributed by atoms with van der Waals surface area (Å²) in [6.45, 7) is 0.602. The molecule has 0 saturated carbocycles. The van der Waals surface area contributed by atoms with Gasteiger partial charge in [0.25, 0.3) is 0 Å². The average Bonchev–Trinajstić information content (AvgIpc) is 3.03. The Morgan fingerprint density at radius 3 is 2.68 bits per heavy atom. The van der Waals surface area contributed by atoms with Crippen molar-refractivity contribution >= 4 is 21.9 Å². The van der Waals surface area contributed by atoms with E-state index in [1.54, 1.807) is 6.07 Å². The number of sulfonamides is 1. The Hall–Kier alpha value is -2.33. The SMILES string of the molecule is CS(=O)(=O)N1CCC(C(=O)Nc2nnc(-c3cccc(F)c3)o2)CC1. The molecule has 1 aromatic heterocycles. The molecule has 1 aliphatic heterocycles. The van der Waals surface area contributed by atoms with Crippen LogP contribution in [0.4, 0.5) is 10.4 Å². The van der Waals surface area contributed by atoms with Gasteiger partial charge in [-0.1, -0.05) is 11.2 Å². The fourth-order valence-electron chi connectivity index (χ4n) is 2.67. The average molecular weight is 368 g/mol. The summed E-state index contributed by atoms with van der Waals surface area (Å²) in [5.74, 6) is -0.967. The van der Waals surface area contributed by atoms with Gasteiger partial charge in [0.1, 0.15) is 5.82 Å². The number of nitrogens with one attached hydrogen (secondary N) is 1. The first-order chi connectivity index (χ1) is 11.8. The molecule has 1 aromatic carbocycles. The summed E-state index contributed by atoms with van der Waals surface area (Å²) in [5.41, 5.74) is 0.412. The molecule has 0 unspecified atom stereocenters. The number of nitrogens with zero attached hydrogens (tertiary/aromatic N) is 3. The monoisotopic (exact) mass is 368 g/mol. The summed E-state index contributed by atoms with van der Waals surface area (Å²) in [7, 11) is -3.23. The number of benzene rings is 1. The van der Waals surface area contributed by atoms with Crippen LogP contribution in [0.3, 0.4) is 0 Å². The van der Waals surface area contributed by atoms with Crippen LogP contribution in [0.1, 0.15) is 12.8 Å². The zero-order chi connectivity index (χ0) is 18.0. The highest BCUT2D eigenvalue weighted by Gasteiger charge is 2.29. The second kappa shape index (κ2) is 6.89. The molecule has 134 valence electrons. The zero-order valence-electron chi connectivity index (χ0n) is 13.5. The molecule has 10 heteroatoms. The van der Waals surface area contributed by atoms with Crippen molar-refractivity contribution in [1.29, 1.82) is 0 Å². The molecule has 0 spiro atoms. The van der Waals surface area contributed by atoms with Crippen LogP contribution in [0.5, 0.6) is 0 Å². The molecule has 3 rings (SSSR count). The van der Waals surface area contributed by atoms with Crippen molar-refractivity contribution < 1.29 is 22.0 Å². The maximum atomic E-state index is 13.2. The van der Waals surface area contributed by atoms with Crippen molar-refractivity contribution in [2.24, 2.45) is 5.92 Å². The first-order valence-electron chi connectivity index (χ1n) is 7.68. The number of hydrogen-bond acceptors (Lipinski definition) is 6. The van der Waals surface area contributed by atoms with E-state index in [2.05, 4.69) is 15.5 Å². The van der Waals surface area contributed by atoms with Crippen molar-refractivity contribution in [3.05, 3.63) is 30.1 Å². The number of carbonyl (C=O) groups excluding carboxylic acids is 1. The Balaban J connectivity index is 1.61. The molecule has 0 bridgehead atoms. The van der Waals surface area contributed by atoms with Crippen molar-refractivity contribution in [1.82, 2.24) is 14.5 Å². The number of carbonyl (C=O) groups is 1. The molecular formula is C15H17FN4O4S. The summed E-state index contributed by atoms with van der Waals surface area (Å²) >= 11 is 0. The fourth-order valence-corrected chi connectivity index (χ4v) is 3.54. The molecule has 0 aliphatic carbocycles. The highest BCUT2D eigenvalue weighted by molar-refractivity contribution is 7.88. The molecule has 1 saturated heterocycles.